The molecule has 0 saturated heterocycles. The van der Waals surface area contributed by atoms with Gasteiger partial charge in [-0.05, 0) is 116 Å². The monoisotopic (exact) mass is 515 g/mol. The fourth-order valence-electron chi connectivity index (χ4n) is 9.50. The van der Waals surface area contributed by atoms with Gasteiger partial charge in [-0.3, -0.25) is 4.79 Å². The Hall–Kier alpha value is -1.08. The zero-order valence-electron chi connectivity index (χ0n) is 22.1. The lowest BCUT2D eigenvalue weighted by Crippen LogP contribution is -2.62. The van der Waals surface area contributed by atoms with Crippen molar-refractivity contribution in [1.29, 1.82) is 0 Å². The molecule has 0 aliphatic heterocycles. The van der Waals surface area contributed by atoms with Gasteiger partial charge in [0.15, 0.2) is 0 Å². The summed E-state index contributed by atoms with van der Waals surface area (Å²) in [5.41, 5.74) is 0.642. The van der Waals surface area contributed by atoms with E-state index in [9.17, 15) is 20.1 Å². The third-order valence-corrected chi connectivity index (χ3v) is 11.8. The average molecular weight is 516 g/mol. The molecular weight excluding hydrogens is 470 g/mol. The standard InChI is InChI=1S/C30H45NO4S/c1-17(7-10-27(35)31-19-5-4-6-21(36)15-19)22-8-9-23-28-24(16-26(34)30(22,23)3)29(2)12-11-20(32)13-18(29)14-25(28)33/h4-6,15,17-18,20,22-26,28,32-34,36H,7-14,16H2,1-3H3,(H,31,35)/t17?,18?,20-,22-,23?,24?,25-,26+,28?,29+,30-/m1/s1. The molecule has 0 bridgehead atoms. The number of carbonyl (C=O) groups excluding carboxylic acids is 1. The van der Waals surface area contributed by atoms with Gasteiger partial charge < -0.3 is 20.6 Å². The van der Waals surface area contributed by atoms with E-state index in [1.807, 2.05) is 24.3 Å². The second kappa shape index (κ2) is 9.91. The van der Waals surface area contributed by atoms with Crippen LogP contribution in [0.4, 0.5) is 5.69 Å². The molecule has 5 nitrogen and oxygen atoms in total. The quantitative estimate of drug-likeness (QED) is 0.345. The number of hydrogen-bond donors (Lipinski definition) is 5. The zero-order chi connectivity index (χ0) is 25.8. The minimum absolute atomic E-state index is 0.0193. The van der Waals surface area contributed by atoms with E-state index in [4.69, 9.17) is 0 Å². The lowest BCUT2D eigenvalue weighted by molar-refractivity contribution is -0.207. The van der Waals surface area contributed by atoms with Crippen molar-refractivity contribution >= 4 is 24.2 Å². The van der Waals surface area contributed by atoms with Crippen molar-refractivity contribution in [3.05, 3.63) is 24.3 Å². The number of fused-ring (bicyclic) bond motifs is 5. The van der Waals surface area contributed by atoms with Crippen molar-refractivity contribution in [1.82, 2.24) is 0 Å². The molecule has 1 aromatic rings. The number of aliphatic hydroxyl groups excluding tert-OH is 3. The third kappa shape index (κ3) is 4.44. The molecule has 200 valence electrons. The van der Waals surface area contributed by atoms with Crippen molar-refractivity contribution in [2.75, 3.05) is 5.32 Å². The molecule has 4 N–H and O–H groups in total. The summed E-state index contributed by atoms with van der Waals surface area (Å²) in [7, 11) is 0. The number of anilines is 1. The second-order valence-electron chi connectivity index (χ2n) is 13.1. The first-order chi connectivity index (χ1) is 17.0. The highest BCUT2D eigenvalue weighted by Crippen LogP contribution is 2.68. The number of carbonyl (C=O) groups is 1. The van der Waals surface area contributed by atoms with Crippen molar-refractivity contribution in [2.45, 2.75) is 102 Å². The summed E-state index contributed by atoms with van der Waals surface area (Å²) in [4.78, 5) is 13.5. The van der Waals surface area contributed by atoms with Gasteiger partial charge in [0.25, 0.3) is 0 Å². The van der Waals surface area contributed by atoms with E-state index in [-0.39, 0.29) is 41.0 Å². The molecule has 0 radical (unpaired) electrons. The number of hydrogen-bond acceptors (Lipinski definition) is 5. The van der Waals surface area contributed by atoms with Gasteiger partial charge in [-0.1, -0.05) is 26.8 Å². The summed E-state index contributed by atoms with van der Waals surface area (Å²) in [6.07, 6.45) is 6.52. The van der Waals surface area contributed by atoms with Crippen LogP contribution in [0.25, 0.3) is 0 Å². The van der Waals surface area contributed by atoms with Gasteiger partial charge in [0.05, 0.1) is 18.3 Å². The number of amides is 1. The first-order valence-electron chi connectivity index (χ1n) is 14.2. The highest BCUT2D eigenvalue weighted by atomic mass is 32.1. The van der Waals surface area contributed by atoms with Gasteiger partial charge in [-0.15, -0.1) is 12.6 Å². The fourth-order valence-corrected chi connectivity index (χ4v) is 9.72. The van der Waals surface area contributed by atoms with Crippen LogP contribution < -0.4 is 5.32 Å². The molecule has 4 saturated carbocycles. The Kier molecular flexibility index (Phi) is 7.30. The molecule has 11 atom stereocenters. The van der Waals surface area contributed by atoms with Gasteiger partial charge in [0, 0.05) is 17.0 Å². The van der Waals surface area contributed by atoms with E-state index in [0.29, 0.717) is 36.0 Å². The van der Waals surface area contributed by atoms with E-state index < -0.39 is 0 Å². The molecule has 6 heteroatoms. The summed E-state index contributed by atoms with van der Waals surface area (Å²) < 4.78 is 0. The van der Waals surface area contributed by atoms with Gasteiger partial charge in [0.1, 0.15) is 0 Å². The number of thiol groups is 1. The van der Waals surface area contributed by atoms with Crippen LogP contribution in [-0.2, 0) is 4.79 Å². The molecule has 4 aliphatic carbocycles. The predicted octanol–water partition coefficient (Wildman–Crippen LogP) is 5.29. The summed E-state index contributed by atoms with van der Waals surface area (Å²) in [5.74, 6) is 1.88. The Morgan fingerprint density at radius 3 is 2.64 bits per heavy atom. The average Bonchev–Trinajstić information content (AvgIpc) is 3.18. The van der Waals surface area contributed by atoms with Crippen LogP contribution in [0, 0.1) is 46.3 Å². The molecule has 0 aromatic heterocycles. The van der Waals surface area contributed by atoms with Crippen LogP contribution in [-0.4, -0.2) is 39.5 Å². The summed E-state index contributed by atoms with van der Waals surface area (Å²) in [5, 5.41) is 36.4. The number of nitrogens with one attached hydrogen (secondary N) is 1. The van der Waals surface area contributed by atoms with E-state index in [0.717, 1.165) is 61.9 Å². The number of benzene rings is 1. The molecular formula is C30H45NO4S. The Labute approximate surface area is 221 Å². The van der Waals surface area contributed by atoms with Gasteiger partial charge in [0.2, 0.25) is 5.91 Å². The van der Waals surface area contributed by atoms with Crippen LogP contribution in [0.2, 0.25) is 0 Å². The van der Waals surface area contributed by atoms with Gasteiger partial charge in [-0.25, -0.2) is 0 Å². The smallest absolute Gasteiger partial charge is 0.224 e. The Morgan fingerprint density at radius 2 is 1.89 bits per heavy atom. The van der Waals surface area contributed by atoms with Crippen molar-refractivity contribution in [3.8, 4) is 0 Å². The van der Waals surface area contributed by atoms with E-state index in [2.05, 4.69) is 38.7 Å². The lowest BCUT2D eigenvalue weighted by Gasteiger charge is -2.63. The summed E-state index contributed by atoms with van der Waals surface area (Å²) in [6.45, 7) is 6.90. The Balaban J connectivity index is 1.28. The molecule has 1 amide bonds. The fraction of sp³-hybridized carbons (Fsp3) is 0.767. The first-order valence-corrected chi connectivity index (χ1v) is 14.6. The van der Waals surface area contributed by atoms with E-state index in [1.165, 1.54) is 0 Å². The highest BCUT2D eigenvalue weighted by molar-refractivity contribution is 7.80. The van der Waals surface area contributed by atoms with Crippen LogP contribution >= 0.6 is 12.6 Å². The SMILES string of the molecule is CC(CCC(=O)Nc1cccc(S)c1)[C@H]1CCC2C3C(C[C@H](O)[C@@]21C)[C@@]1(C)CC[C@@H](O)CC1C[C@H]3O. The van der Waals surface area contributed by atoms with E-state index >= 15 is 0 Å². The predicted molar refractivity (Wildman–Crippen MR) is 145 cm³/mol. The van der Waals surface area contributed by atoms with Crippen molar-refractivity contribution in [2.24, 2.45) is 46.3 Å². The molecule has 1 aromatic carbocycles. The van der Waals surface area contributed by atoms with Crippen LogP contribution in [0.3, 0.4) is 0 Å². The summed E-state index contributed by atoms with van der Waals surface area (Å²) >= 11 is 4.35. The van der Waals surface area contributed by atoms with Crippen LogP contribution in [0.1, 0.15) is 78.6 Å². The molecule has 4 aliphatic rings. The maximum atomic E-state index is 12.7. The number of rotatable bonds is 5. The topological polar surface area (TPSA) is 89.8 Å². The van der Waals surface area contributed by atoms with Crippen molar-refractivity contribution in [3.63, 3.8) is 0 Å². The largest absolute Gasteiger partial charge is 0.393 e. The Morgan fingerprint density at radius 1 is 1.11 bits per heavy atom. The van der Waals surface area contributed by atoms with Crippen LogP contribution in [0.15, 0.2) is 29.2 Å². The van der Waals surface area contributed by atoms with E-state index in [1.54, 1.807) is 0 Å². The molecule has 0 heterocycles. The van der Waals surface area contributed by atoms with Crippen LogP contribution in [0.5, 0.6) is 0 Å². The number of aliphatic hydroxyl groups is 3. The minimum atomic E-state index is -0.389. The second-order valence-corrected chi connectivity index (χ2v) is 13.7. The highest BCUT2D eigenvalue weighted by Gasteiger charge is 2.65. The normalized spacial score (nSPS) is 44.8. The van der Waals surface area contributed by atoms with Gasteiger partial charge in [-0.2, -0.15) is 0 Å². The van der Waals surface area contributed by atoms with Gasteiger partial charge >= 0.3 is 0 Å². The Bertz CT molecular complexity index is 972. The lowest BCUT2D eigenvalue weighted by atomic mass is 9.43. The molecule has 0 spiro atoms. The third-order valence-electron chi connectivity index (χ3n) is 11.5. The maximum absolute atomic E-state index is 12.7. The molecule has 36 heavy (non-hydrogen) atoms. The van der Waals surface area contributed by atoms with Crippen molar-refractivity contribution < 1.29 is 20.1 Å². The summed E-state index contributed by atoms with van der Waals surface area (Å²) in [6, 6.07) is 7.51. The minimum Gasteiger partial charge on any atom is -0.393 e. The maximum Gasteiger partial charge on any atom is 0.224 e. The molecule has 4 fully saturated rings. The molecule has 5 rings (SSSR count). The molecule has 5 unspecified atom stereocenters. The first kappa shape index (κ1) is 26.5. The zero-order valence-corrected chi connectivity index (χ0v) is 23.0.